The van der Waals surface area contributed by atoms with Gasteiger partial charge in [-0.1, -0.05) is 13.8 Å². The van der Waals surface area contributed by atoms with Gasteiger partial charge in [0, 0.05) is 5.92 Å². The summed E-state index contributed by atoms with van der Waals surface area (Å²) >= 11 is 0. The summed E-state index contributed by atoms with van der Waals surface area (Å²) in [5, 5.41) is 10.1. The monoisotopic (exact) mass is 318 g/mol. The Morgan fingerprint density at radius 1 is 0.913 bits per heavy atom. The number of carbonyl (C=O) groups is 1. The molecule has 8 atom stereocenters. The van der Waals surface area contributed by atoms with Crippen LogP contribution in [0.2, 0.25) is 0 Å². The zero-order valence-electron chi connectivity index (χ0n) is 15.2. The highest BCUT2D eigenvalue weighted by atomic mass is 16.3. The highest BCUT2D eigenvalue weighted by Crippen LogP contribution is 2.67. The van der Waals surface area contributed by atoms with Crippen molar-refractivity contribution in [3.05, 3.63) is 0 Å². The normalized spacial score (nSPS) is 55.7. The number of hydrogen-bond donors (Lipinski definition) is 1. The number of aliphatic hydroxyl groups excluding tert-OH is 1. The van der Waals surface area contributed by atoms with Gasteiger partial charge in [-0.3, -0.25) is 4.79 Å². The fourth-order valence-corrected chi connectivity index (χ4v) is 7.90. The lowest BCUT2D eigenvalue weighted by Gasteiger charge is -2.60. The highest BCUT2D eigenvalue weighted by molar-refractivity contribution is 5.79. The molecule has 4 saturated carbocycles. The first-order chi connectivity index (χ1) is 10.9. The summed E-state index contributed by atoms with van der Waals surface area (Å²) in [6.07, 6.45) is 10.9. The third kappa shape index (κ3) is 2.19. The van der Waals surface area contributed by atoms with Crippen LogP contribution in [-0.4, -0.2) is 17.0 Å². The van der Waals surface area contributed by atoms with Crippen molar-refractivity contribution >= 4 is 5.78 Å². The maximum absolute atomic E-state index is 12.2. The number of aliphatic hydroxyl groups is 1. The number of rotatable bonds is 1. The van der Waals surface area contributed by atoms with Crippen molar-refractivity contribution in [1.82, 2.24) is 0 Å². The molecule has 0 heterocycles. The Kier molecular flexibility index (Phi) is 3.72. The minimum atomic E-state index is -0.0490. The minimum Gasteiger partial charge on any atom is -0.393 e. The summed E-state index contributed by atoms with van der Waals surface area (Å²) in [6.45, 7) is 6.80. The molecule has 0 aromatic heterocycles. The van der Waals surface area contributed by atoms with Crippen LogP contribution in [0.25, 0.3) is 0 Å². The predicted octanol–water partition coefficient (Wildman–Crippen LogP) is 4.60. The van der Waals surface area contributed by atoms with Crippen molar-refractivity contribution in [3.8, 4) is 0 Å². The van der Waals surface area contributed by atoms with Crippen LogP contribution in [0.4, 0.5) is 0 Å². The van der Waals surface area contributed by atoms with E-state index in [1.54, 1.807) is 0 Å². The Labute approximate surface area is 141 Å². The average Bonchev–Trinajstić information content (AvgIpc) is 2.85. The molecule has 1 N–H and O–H groups in total. The third-order valence-electron chi connectivity index (χ3n) is 9.13. The van der Waals surface area contributed by atoms with E-state index >= 15 is 0 Å². The molecule has 4 aliphatic carbocycles. The largest absolute Gasteiger partial charge is 0.393 e. The van der Waals surface area contributed by atoms with E-state index < -0.39 is 0 Å². The molecule has 2 nitrogen and oxygen atoms in total. The lowest BCUT2D eigenvalue weighted by atomic mass is 9.44. The third-order valence-corrected chi connectivity index (χ3v) is 9.13. The fraction of sp³-hybridized carbons (Fsp3) is 0.952. The summed E-state index contributed by atoms with van der Waals surface area (Å²) in [7, 11) is 0. The molecule has 2 heteroatoms. The number of hydrogen-bond acceptors (Lipinski definition) is 2. The van der Waals surface area contributed by atoms with E-state index in [9.17, 15) is 9.90 Å². The van der Waals surface area contributed by atoms with Gasteiger partial charge in [0.1, 0.15) is 5.78 Å². The maximum Gasteiger partial charge on any atom is 0.133 e. The molecule has 4 rings (SSSR count). The smallest absolute Gasteiger partial charge is 0.133 e. The van der Waals surface area contributed by atoms with Gasteiger partial charge in [-0.2, -0.15) is 0 Å². The lowest BCUT2D eigenvalue weighted by Crippen LogP contribution is -2.54. The van der Waals surface area contributed by atoms with Crippen LogP contribution in [0, 0.1) is 40.4 Å². The molecular formula is C21H34O2. The molecule has 0 radical (unpaired) electrons. The van der Waals surface area contributed by atoms with Crippen LogP contribution < -0.4 is 0 Å². The van der Waals surface area contributed by atoms with Crippen molar-refractivity contribution in [1.29, 1.82) is 0 Å². The molecule has 0 aliphatic heterocycles. The van der Waals surface area contributed by atoms with Gasteiger partial charge in [-0.15, -0.1) is 0 Å². The standard InChI is InChI=1S/C21H34O2/c1-13(22)17-6-7-18-16-5-4-14-12-15(23)8-10-20(14,2)19(16)9-11-21(17,18)3/h14-19,23H,4-12H2,1-3H3/t14?,15?,16?,17?,18?,19?,20-,21+/m0/s1. The molecule has 0 aromatic rings. The van der Waals surface area contributed by atoms with Crippen LogP contribution in [0.1, 0.15) is 78.6 Å². The Balaban J connectivity index is 1.61. The summed E-state index contributed by atoms with van der Waals surface area (Å²) in [6, 6.07) is 0. The minimum absolute atomic E-state index is 0.0490. The van der Waals surface area contributed by atoms with Crippen molar-refractivity contribution in [3.63, 3.8) is 0 Å². The van der Waals surface area contributed by atoms with Crippen molar-refractivity contribution in [2.45, 2.75) is 84.7 Å². The molecule has 4 aliphatic rings. The molecule has 6 unspecified atom stereocenters. The molecule has 130 valence electrons. The Morgan fingerprint density at radius 3 is 2.35 bits per heavy atom. The van der Waals surface area contributed by atoms with E-state index in [-0.39, 0.29) is 11.5 Å². The second-order valence-corrected chi connectivity index (χ2v) is 9.87. The second-order valence-electron chi connectivity index (χ2n) is 9.87. The van der Waals surface area contributed by atoms with E-state index in [1.807, 2.05) is 6.92 Å². The van der Waals surface area contributed by atoms with E-state index in [0.717, 1.165) is 42.9 Å². The van der Waals surface area contributed by atoms with Crippen molar-refractivity contribution < 1.29 is 9.90 Å². The van der Waals surface area contributed by atoms with Crippen LogP contribution in [0.5, 0.6) is 0 Å². The maximum atomic E-state index is 12.2. The Hall–Kier alpha value is -0.370. The van der Waals surface area contributed by atoms with Gasteiger partial charge in [-0.05, 0) is 99.2 Å². The van der Waals surface area contributed by atoms with Gasteiger partial charge in [0.15, 0.2) is 0 Å². The number of fused-ring (bicyclic) bond motifs is 5. The van der Waals surface area contributed by atoms with E-state index in [1.165, 1.54) is 38.5 Å². The molecule has 4 fully saturated rings. The van der Waals surface area contributed by atoms with Gasteiger partial charge >= 0.3 is 0 Å². The van der Waals surface area contributed by atoms with E-state index in [2.05, 4.69) is 13.8 Å². The molecule has 0 amide bonds. The fourth-order valence-electron chi connectivity index (χ4n) is 7.90. The number of Topliss-reactive ketones (excluding diaryl/α,β-unsaturated/α-hetero) is 1. The predicted molar refractivity (Wildman–Crippen MR) is 91.9 cm³/mol. The topological polar surface area (TPSA) is 37.3 Å². The van der Waals surface area contributed by atoms with Crippen LogP contribution in [-0.2, 0) is 4.79 Å². The number of ketones is 1. The molecule has 23 heavy (non-hydrogen) atoms. The average molecular weight is 319 g/mol. The zero-order chi connectivity index (χ0) is 16.4. The van der Waals surface area contributed by atoms with Gasteiger partial charge in [0.25, 0.3) is 0 Å². The van der Waals surface area contributed by atoms with Crippen LogP contribution in [0.3, 0.4) is 0 Å². The summed E-state index contributed by atoms with van der Waals surface area (Å²) in [4.78, 5) is 12.2. The number of carbonyl (C=O) groups excluding carboxylic acids is 1. The van der Waals surface area contributed by atoms with Crippen molar-refractivity contribution in [2.24, 2.45) is 40.4 Å². The van der Waals surface area contributed by atoms with Gasteiger partial charge in [0.2, 0.25) is 0 Å². The summed E-state index contributed by atoms with van der Waals surface area (Å²) in [5.41, 5.74) is 0.738. The first kappa shape index (κ1) is 16.1. The highest BCUT2D eigenvalue weighted by Gasteiger charge is 2.60. The molecule has 0 saturated heterocycles. The summed E-state index contributed by atoms with van der Waals surface area (Å²) < 4.78 is 0. The molecule has 0 bridgehead atoms. The summed E-state index contributed by atoms with van der Waals surface area (Å²) in [5.74, 6) is 3.97. The quantitative estimate of drug-likeness (QED) is 0.767. The van der Waals surface area contributed by atoms with Gasteiger partial charge in [0.05, 0.1) is 6.10 Å². The molecular weight excluding hydrogens is 284 g/mol. The Bertz CT molecular complexity index is 500. The van der Waals surface area contributed by atoms with Crippen LogP contribution >= 0.6 is 0 Å². The van der Waals surface area contributed by atoms with Gasteiger partial charge in [-0.25, -0.2) is 0 Å². The lowest BCUT2D eigenvalue weighted by molar-refractivity contribution is -0.138. The van der Waals surface area contributed by atoms with E-state index in [0.29, 0.717) is 17.1 Å². The SMILES string of the molecule is CC(=O)C1CCC2C3CCC4CC(O)CC[C@]4(C)C3CC[C@]12C. The van der Waals surface area contributed by atoms with E-state index in [4.69, 9.17) is 0 Å². The first-order valence-corrected chi connectivity index (χ1v) is 10.0. The zero-order valence-corrected chi connectivity index (χ0v) is 15.2. The first-order valence-electron chi connectivity index (χ1n) is 10.0. The Morgan fingerprint density at radius 2 is 1.61 bits per heavy atom. The van der Waals surface area contributed by atoms with Gasteiger partial charge < -0.3 is 5.11 Å². The van der Waals surface area contributed by atoms with Crippen LogP contribution in [0.15, 0.2) is 0 Å². The molecule has 0 aromatic carbocycles. The van der Waals surface area contributed by atoms with Crippen molar-refractivity contribution in [2.75, 3.05) is 0 Å². The second kappa shape index (κ2) is 5.31. The molecule has 0 spiro atoms.